The maximum atomic E-state index is 12.3. The first kappa shape index (κ1) is 19.2. The molecule has 7 heteroatoms. The zero-order chi connectivity index (χ0) is 17.8. The van der Waals surface area contributed by atoms with Gasteiger partial charge in [-0.25, -0.2) is 0 Å². The Kier molecular flexibility index (Phi) is 5.99. The zero-order valence-electron chi connectivity index (χ0n) is 14.5. The van der Waals surface area contributed by atoms with Crippen LogP contribution in [0.4, 0.5) is 0 Å². The van der Waals surface area contributed by atoms with Crippen molar-refractivity contribution < 1.29 is 23.2 Å². The molecule has 0 aromatic carbocycles. The van der Waals surface area contributed by atoms with Crippen molar-refractivity contribution in [3.63, 3.8) is 0 Å². The van der Waals surface area contributed by atoms with Crippen molar-refractivity contribution in [1.82, 2.24) is 0 Å². The minimum absolute atomic E-state index is 0.0352. The van der Waals surface area contributed by atoms with E-state index in [1.807, 2.05) is 0 Å². The largest absolute Gasteiger partial charge is 0.472 e. The third kappa shape index (κ3) is 4.82. The van der Waals surface area contributed by atoms with E-state index in [1.54, 1.807) is 6.07 Å². The van der Waals surface area contributed by atoms with Gasteiger partial charge in [-0.3, -0.25) is 9.59 Å². The van der Waals surface area contributed by atoms with Gasteiger partial charge in [-0.05, 0) is 24.2 Å². The number of nitrogens with zero attached hydrogens (tertiary/aromatic N) is 2. The Labute approximate surface area is 137 Å². The number of rotatable bonds is 7. The molecule has 0 bridgehead atoms. The lowest BCUT2D eigenvalue weighted by Gasteiger charge is -2.38. The lowest BCUT2D eigenvalue weighted by atomic mass is 10.0. The van der Waals surface area contributed by atoms with E-state index in [0.717, 1.165) is 5.56 Å². The highest BCUT2D eigenvalue weighted by Crippen LogP contribution is 2.40. The Hall–Kier alpha value is -1.82. The second-order valence-corrected chi connectivity index (χ2v) is 11.8. The fourth-order valence-electron chi connectivity index (χ4n) is 1.81. The number of hydrogen-bond donors (Lipinski definition) is 0. The van der Waals surface area contributed by atoms with Crippen LogP contribution in [0.5, 0.6) is 0 Å². The SMILES string of the molecule is CC(=O)C(=[N+]=[N-])C(=O)CC(O[Si](C)(C)C(C)(C)C)c1ccoc1. The van der Waals surface area contributed by atoms with Crippen LogP contribution in [0.3, 0.4) is 0 Å². The summed E-state index contributed by atoms with van der Waals surface area (Å²) in [5, 5.41) is -0.0352. The van der Waals surface area contributed by atoms with Gasteiger partial charge >= 0.3 is 5.71 Å². The first-order valence-electron chi connectivity index (χ1n) is 7.45. The van der Waals surface area contributed by atoms with Gasteiger partial charge in [-0.15, -0.1) is 0 Å². The van der Waals surface area contributed by atoms with Gasteiger partial charge in [-0.2, -0.15) is 4.79 Å². The second kappa shape index (κ2) is 7.17. The van der Waals surface area contributed by atoms with Gasteiger partial charge in [0.15, 0.2) is 8.32 Å². The van der Waals surface area contributed by atoms with Crippen LogP contribution >= 0.6 is 0 Å². The number of carbonyl (C=O) groups excluding carboxylic acids is 2. The zero-order valence-corrected chi connectivity index (χ0v) is 15.5. The molecule has 1 atom stereocenters. The summed E-state index contributed by atoms with van der Waals surface area (Å²) in [5.41, 5.74) is 9.13. The number of carbonyl (C=O) groups is 2. The molecule has 1 aromatic heterocycles. The minimum atomic E-state index is -2.14. The van der Waals surface area contributed by atoms with E-state index < -0.39 is 31.7 Å². The summed E-state index contributed by atoms with van der Waals surface area (Å²) in [6.45, 7) is 11.7. The first-order chi connectivity index (χ1) is 10.5. The van der Waals surface area contributed by atoms with Crippen molar-refractivity contribution in [1.29, 1.82) is 0 Å². The van der Waals surface area contributed by atoms with Crippen molar-refractivity contribution in [2.45, 2.75) is 58.4 Å². The number of furan rings is 1. The fourth-order valence-corrected chi connectivity index (χ4v) is 3.09. The van der Waals surface area contributed by atoms with Crippen molar-refractivity contribution in [2.24, 2.45) is 0 Å². The molecule has 0 aliphatic rings. The molecule has 0 aliphatic heterocycles. The lowest BCUT2D eigenvalue weighted by Crippen LogP contribution is -2.42. The van der Waals surface area contributed by atoms with E-state index in [-0.39, 0.29) is 11.5 Å². The quantitative estimate of drug-likeness (QED) is 0.250. The summed E-state index contributed by atoms with van der Waals surface area (Å²) in [6.07, 6.45) is 2.41. The minimum Gasteiger partial charge on any atom is -0.472 e. The average Bonchev–Trinajstić information content (AvgIpc) is 2.90. The molecule has 1 rings (SSSR count). The Balaban J connectivity index is 3.07. The maximum absolute atomic E-state index is 12.3. The molecular formula is C16H24N2O4Si. The van der Waals surface area contributed by atoms with Gasteiger partial charge in [0.05, 0.1) is 18.6 Å². The van der Waals surface area contributed by atoms with Gasteiger partial charge < -0.3 is 14.4 Å². The van der Waals surface area contributed by atoms with Gasteiger partial charge in [0.2, 0.25) is 5.78 Å². The maximum Gasteiger partial charge on any atom is 0.399 e. The molecule has 6 nitrogen and oxygen atoms in total. The van der Waals surface area contributed by atoms with E-state index >= 15 is 0 Å². The number of ketones is 2. The standard InChI is InChI=1S/C16H24N2O4Si/c1-11(19)15(18-17)13(20)9-14(12-7-8-21-10-12)22-23(5,6)16(2,3)4/h7-8,10,14H,9H2,1-6H3. The van der Waals surface area contributed by atoms with Crippen LogP contribution in [0, 0.1) is 0 Å². The molecule has 0 saturated carbocycles. The Bertz CT molecular complexity index is 623. The summed E-state index contributed by atoms with van der Waals surface area (Å²) in [4.78, 5) is 26.4. The topological polar surface area (TPSA) is 92.9 Å². The summed E-state index contributed by atoms with van der Waals surface area (Å²) >= 11 is 0. The van der Waals surface area contributed by atoms with Gasteiger partial charge in [0.1, 0.15) is 0 Å². The predicted molar refractivity (Wildman–Crippen MR) is 88.7 cm³/mol. The highest BCUT2D eigenvalue weighted by molar-refractivity contribution is 6.74. The number of Topliss-reactive ketones (excluding diaryl/α,β-unsaturated/α-hetero) is 2. The molecule has 0 fully saturated rings. The lowest BCUT2D eigenvalue weighted by molar-refractivity contribution is -0.124. The van der Waals surface area contributed by atoms with E-state index in [0.29, 0.717) is 0 Å². The average molecular weight is 336 g/mol. The molecule has 1 aromatic rings. The molecular weight excluding hydrogens is 312 g/mol. The van der Waals surface area contributed by atoms with E-state index in [4.69, 9.17) is 14.4 Å². The molecule has 1 heterocycles. The van der Waals surface area contributed by atoms with Gasteiger partial charge in [0, 0.05) is 18.9 Å². The van der Waals surface area contributed by atoms with Gasteiger partial charge in [0.25, 0.3) is 5.78 Å². The molecule has 0 radical (unpaired) electrons. The van der Waals surface area contributed by atoms with Crippen LogP contribution in [-0.2, 0) is 14.0 Å². The second-order valence-electron chi connectivity index (χ2n) is 7.06. The summed E-state index contributed by atoms with van der Waals surface area (Å²) < 4.78 is 11.4. The van der Waals surface area contributed by atoms with Crippen molar-refractivity contribution >= 4 is 25.6 Å². The van der Waals surface area contributed by atoms with Crippen LogP contribution < -0.4 is 0 Å². The van der Waals surface area contributed by atoms with Crippen molar-refractivity contribution in [3.05, 3.63) is 29.7 Å². The van der Waals surface area contributed by atoms with E-state index in [9.17, 15) is 9.59 Å². The molecule has 23 heavy (non-hydrogen) atoms. The van der Waals surface area contributed by atoms with E-state index in [2.05, 4.69) is 38.7 Å². The molecule has 0 amide bonds. The fraction of sp³-hybridized carbons (Fsp3) is 0.562. The van der Waals surface area contributed by atoms with Crippen LogP contribution in [0.25, 0.3) is 5.53 Å². The van der Waals surface area contributed by atoms with Crippen LogP contribution in [0.2, 0.25) is 18.1 Å². The predicted octanol–water partition coefficient (Wildman–Crippen LogP) is 3.56. The van der Waals surface area contributed by atoms with E-state index in [1.165, 1.54) is 19.5 Å². The summed E-state index contributed by atoms with van der Waals surface area (Å²) in [5.74, 6) is -1.12. The van der Waals surface area contributed by atoms with Crippen LogP contribution in [0.1, 0.15) is 45.8 Å². The Morgan fingerprint density at radius 1 is 1.39 bits per heavy atom. The van der Waals surface area contributed by atoms with Crippen LogP contribution in [0.15, 0.2) is 23.0 Å². The molecule has 1 unspecified atom stereocenters. The highest BCUT2D eigenvalue weighted by Gasteiger charge is 2.41. The molecule has 126 valence electrons. The molecule has 0 aliphatic carbocycles. The Morgan fingerprint density at radius 2 is 2.00 bits per heavy atom. The van der Waals surface area contributed by atoms with Gasteiger partial charge in [-0.1, -0.05) is 20.8 Å². The summed E-state index contributed by atoms with van der Waals surface area (Å²) in [7, 11) is -2.14. The molecule has 0 spiro atoms. The Morgan fingerprint density at radius 3 is 2.39 bits per heavy atom. The normalized spacial score (nSPS) is 13.3. The third-order valence-electron chi connectivity index (χ3n) is 4.23. The summed E-state index contributed by atoms with van der Waals surface area (Å²) in [6, 6.07) is 1.73. The van der Waals surface area contributed by atoms with Crippen molar-refractivity contribution in [3.8, 4) is 0 Å². The first-order valence-corrected chi connectivity index (χ1v) is 10.4. The molecule has 0 N–H and O–H groups in total. The van der Waals surface area contributed by atoms with Crippen LogP contribution in [-0.4, -0.2) is 30.4 Å². The van der Waals surface area contributed by atoms with Crippen molar-refractivity contribution in [2.75, 3.05) is 0 Å². The smallest absolute Gasteiger partial charge is 0.399 e. The monoisotopic (exact) mass is 336 g/mol. The number of hydrogen-bond acceptors (Lipinski definition) is 4. The highest BCUT2D eigenvalue weighted by atomic mass is 28.4. The third-order valence-corrected chi connectivity index (χ3v) is 8.71. The molecule has 0 saturated heterocycles.